The lowest BCUT2D eigenvalue weighted by Gasteiger charge is -2.14. The predicted molar refractivity (Wildman–Crippen MR) is 118 cm³/mol. The highest BCUT2D eigenvalue weighted by Gasteiger charge is 2.62. The largest absolute Gasteiger partial charge is 0.481 e. The van der Waals surface area contributed by atoms with Crippen LogP contribution in [0.25, 0.3) is 0 Å². The molecule has 0 radical (unpaired) electrons. The second-order valence-corrected chi connectivity index (χ2v) is 8.69. The van der Waals surface area contributed by atoms with E-state index in [9.17, 15) is 19.7 Å². The summed E-state index contributed by atoms with van der Waals surface area (Å²) < 4.78 is 30.8. The minimum absolute atomic E-state index is 0.0768. The van der Waals surface area contributed by atoms with Gasteiger partial charge in [-0.3, -0.25) is 4.79 Å². The van der Waals surface area contributed by atoms with Crippen LogP contribution < -0.4 is 4.74 Å². The van der Waals surface area contributed by atoms with Crippen LogP contribution >= 0.6 is 0 Å². The van der Waals surface area contributed by atoms with Gasteiger partial charge in [-0.05, 0) is 49.6 Å². The van der Waals surface area contributed by atoms with Crippen molar-refractivity contribution in [2.45, 2.75) is 39.9 Å². The molecule has 0 saturated heterocycles. The van der Waals surface area contributed by atoms with Crippen molar-refractivity contribution in [1.82, 2.24) is 0 Å². The Bertz CT molecular complexity index is 1130. The first kappa shape index (κ1) is 23.8. The van der Waals surface area contributed by atoms with Crippen LogP contribution in [0, 0.1) is 45.7 Å². The standard InChI is InChI=1S/C26H25FN2O4/c1-16(2)31-19(14-28)13-20-24(26(20,3)4)25(30)33-23(15-29)17-10-11-21(27)22(12-17)32-18-8-6-5-7-9-18/h5-13,16,20,23-24H,1-4H3/t20-,23+,24-/m0/s1. The Morgan fingerprint density at radius 3 is 2.42 bits per heavy atom. The average Bonchev–Trinajstić information content (AvgIpc) is 3.33. The highest BCUT2D eigenvalue weighted by molar-refractivity contribution is 5.79. The summed E-state index contributed by atoms with van der Waals surface area (Å²) in [7, 11) is 0. The minimum atomic E-state index is -1.24. The fraction of sp³-hybridized carbons (Fsp3) is 0.346. The summed E-state index contributed by atoms with van der Waals surface area (Å²) in [5.41, 5.74) is -0.159. The maximum Gasteiger partial charge on any atom is 0.311 e. The number of carbonyl (C=O) groups excluding carboxylic acids is 1. The molecular weight excluding hydrogens is 423 g/mol. The topological polar surface area (TPSA) is 92.3 Å². The van der Waals surface area contributed by atoms with Gasteiger partial charge in [-0.15, -0.1) is 0 Å². The number of nitriles is 2. The summed E-state index contributed by atoms with van der Waals surface area (Å²) in [5.74, 6) is -1.46. The van der Waals surface area contributed by atoms with Crippen molar-refractivity contribution < 1.29 is 23.4 Å². The van der Waals surface area contributed by atoms with Gasteiger partial charge in [0.05, 0.1) is 12.0 Å². The van der Waals surface area contributed by atoms with E-state index in [0.29, 0.717) is 11.3 Å². The van der Waals surface area contributed by atoms with Crippen molar-refractivity contribution in [3.8, 4) is 23.6 Å². The Kier molecular flexibility index (Phi) is 7.04. The molecule has 0 bridgehead atoms. The number of ether oxygens (including phenoxy) is 3. The van der Waals surface area contributed by atoms with Crippen molar-refractivity contribution in [2.75, 3.05) is 0 Å². The summed E-state index contributed by atoms with van der Waals surface area (Å²) in [6, 6.07) is 16.5. The first-order chi connectivity index (χ1) is 15.7. The number of benzene rings is 2. The lowest BCUT2D eigenvalue weighted by atomic mass is 10.1. The van der Waals surface area contributed by atoms with E-state index in [1.54, 1.807) is 36.4 Å². The van der Waals surface area contributed by atoms with Gasteiger partial charge in [0.25, 0.3) is 0 Å². The third kappa shape index (κ3) is 5.51. The summed E-state index contributed by atoms with van der Waals surface area (Å²) in [5, 5.41) is 18.9. The number of halogens is 1. The smallest absolute Gasteiger partial charge is 0.311 e. The monoisotopic (exact) mass is 448 g/mol. The molecule has 170 valence electrons. The van der Waals surface area contributed by atoms with Gasteiger partial charge in [-0.25, -0.2) is 4.39 Å². The molecule has 33 heavy (non-hydrogen) atoms. The Balaban J connectivity index is 1.75. The molecule has 3 rings (SSSR count). The molecule has 1 saturated carbocycles. The van der Waals surface area contributed by atoms with E-state index in [2.05, 4.69) is 0 Å². The molecule has 0 N–H and O–H groups in total. The van der Waals surface area contributed by atoms with E-state index in [-0.39, 0.29) is 23.5 Å². The average molecular weight is 448 g/mol. The maximum absolute atomic E-state index is 14.3. The number of para-hydroxylation sites is 1. The van der Waals surface area contributed by atoms with E-state index in [0.717, 1.165) is 0 Å². The second-order valence-electron chi connectivity index (χ2n) is 8.69. The van der Waals surface area contributed by atoms with Gasteiger partial charge in [-0.2, -0.15) is 10.5 Å². The van der Waals surface area contributed by atoms with E-state index in [4.69, 9.17) is 14.2 Å². The zero-order valence-corrected chi connectivity index (χ0v) is 18.9. The summed E-state index contributed by atoms with van der Waals surface area (Å²) >= 11 is 0. The molecule has 2 aromatic rings. The van der Waals surface area contributed by atoms with Gasteiger partial charge in [0.15, 0.2) is 17.3 Å². The van der Waals surface area contributed by atoms with Gasteiger partial charge in [0.2, 0.25) is 6.10 Å². The van der Waals surface area contributed by atoms with Crippen LogP contribution in [0.4, 0.5) is 4.39 Å². The van der Waals surface area contributed by atoms with Gasteiger partial charge in [-0.1, -0.05) is 38.1 Å². The van der Waals surface area contributed by atoms with Gasteiger partial charge >= 0.3 is 5.97 Å². The molecule has 0 heterocycles. The number of allylic oxidation sites excluding steroid dienone is 2. The molecule has 2 aromatic carbocycles. The molecule has 1 fully saturated rings. The van der Waals surface area contributed by atoms with Crippen molar-refractivity contribution in [3.05, 3.63) is 71.7 Å². The number of hydrogen-bond acceptors (Lipinski definition) is 6. The summed E-state index contributed by atoms with van der Waals surface area (Å²) in [6.07, 6.45) is 0.230. The zero-order valence-electron chi connectivity index (χ0n) is 18.9. The molecule has 0 spiro atoms. The van der Waals surface area contributed by atoms with Gasteiger partial charge in [0.1, 0.15) is 17.9 Å². The first-order valence-electron chi connectivity index (χ1n) is 10.6. The molecular formula is C26H25FN2O4. The Labute approximate surface area is 192 Å². The van der Waals surface area contributed by atoms with Crippen LogP contribution in [-0.4, -0.2) is 12.1 Å². The molecule has 0 unspecified atom stereocenters. The van der Waals surface area contributed by atoms with Crippen molar-refractivity contribution in [3.63, 3.8) is 0 Å². The highest BCUT2D eigenvalue weighted by Crippen LogP contribution is 2.60. The van der Waals surface area contributed by atoms with Crippen molar-refractivity contribution in [1.29, 1.82) is 10.5 Å². The van der Waals surface area contributed by atoms with Crippen LogP contribution in [-0.2, 0) is 14.3 Å². The highest BCUT2D eigenvalue weighted by atomic mass is 19.1. The van der Waals surface area contributed by atoms with Crippen LogP contribution in [0.5, 0.6) is 11.5 Å². The first-order valence-corrected chi connectivity index (χ1v) is 10.6. The lowest BCUT2D eigenvalue weighted by Crippen LogP contribution is -2.14. The third-order valence-corrected chi connectivity index (χ3v) is 5.55. The van der Waals surface area contributed by atoms with E-state index >= 15 is 0 Å². The Morgan fingerprint density at radius 1 is 1.12 bits per heavy atom. The third-order valence-electron chi connectivity index (χ3n) is 5.55. The molecule has 7 heteroatoms. The van der Waals surface area contributed by atoms with E-state index in [1.807, 2.05) is 39.8 Å². The zero-order chi connectivity index (χ0) is 24.2. The maximum atomic E-state index is 14.3. The minimum Gasteiger partial charge on any atom is -0.481 e. The van der Waals surface area contributed by atoms with Crippen LogP contribution in [0.15, 0.2) is 60.4 Å². The van der Waals surface area contributed by atoms with Gasteiger partial charge < -0.3 is 14.2 Å². The number of hydrogen-bond donors (Lipinski definition) is 0. The predicted octanol–water partition coefficient (Wildman–Crippen LogP) is 5.83. The molecule has 1 aliphatic rings. The summed E-state index contributed by atoms with van der Waals surface area (Å²) in [6.45, 7) is 7.39. The molecule has 3 atom stereocenters. The van der Waals surface area contributed by atoms with Crippen LogP contribution in [0.1, 0.15) is 39.4 Å². The second kappa shape index (κ2) is 9.75. The van der Waals surface area contributed by atoms with Crippen LogP contribution in [0.2, 0.25) is 0 Å². The number of rotatable bonds is 8. The Hall–Kier alpha value is -3.84. The summed E-state index contributed by atoms with van der Waals surface area (Å²) in [4.78, 5) is 12.9. The number of nitrogens with zero attached hydrogens (tertiary/aromatic N) is 2. The normalized spacial score (nSPS) is 19.7. The number of esters is 1. The van der Waals surface area contributed by atoms with E-state index in [1.165, 1.54) is 18.2 Å². The lowest BCUT2D eigenvalue weighted by molar-refractivity contribution is -0.149. The van der Waals surface area contributed by atoms with Crippen molar-refractivity contribution in [2.24, 2.45) is 17.3 Å². The SMILES string of the molecule is CC(C)OC(C#N)=C[C@H]1[C@@H](C(=O)O[C@H](C#N)c2ccc(F)c(Oc3ccccc3)c2)C1(C)C. The van der Waals surface area contributed by atoms with Crippen LogP contribution in [0.3, 0.4) is 0 Å². The molecule has 0 aromatic heterocycles. The fourth-order valence-electron chi connectivity index (χ4n) is 3.69. The van der Waals surface area contributed by atoms with Gasteiger partial charge in [0, 0.05) is 11.5 Å². The van der Waals surface area contributed by atoms with E-state index < -0.39 is 29.2 Å². The molecule has 1 aliphatic carbocycles. The number of carbonyl (C=O) groups is 1. The molecule has 0 amide bonds. The quantitative estimate of drug-likeness (QED) is 0.287. The van der Waals surface area contributed by atoms with Crippen molar-refractivity contribution >= 4 is 5.97 Å². The Morgan fingerprint density at radius 2 is 1.82 bits per heavy atom. The fourth-order valence-corrected chi connectivity index (χ4v) is 3.69. The molecule has 6 nitrogen and oxygen atoms in total. The molecule has 0 aliphatic heterocycles.